The Labute approximate surface area is 82.0 Å². The van der Waals surface area contributed by atoms with E-state index in [0.29, 0.717) is 31.0 Å². The number of aryl methyl sites for hydroxylation is 1. The van der Waals surface area contributed by atoms with Crippen LogP contribution < -0.4 is 0 Å². The van der Waals surface area contributed by atoms with Crippen molar-refractivity contribution in [1.82, 2.24) is 10.1 Å². The van der Waals surface area contributed by atoms with E-state index in [9.17, 15) is 4.39 Å². The Morgan fingerprint density at radius 3 is 3.00 bits per heavy atom. The van der Waals surface area contributed by atoms with Gasteiger partial charge in [0.2, 0.25) is 5.89 Å². The number of allylic oxidation sites excluding steroid dienone is 1. The molecule has 0 aromatic carbocycles. The smallest absolute Gasteiger partial charge is 0.233 e. The molecule has 14 heavy (non-hydrogen) atoms. The van der Waals surface area contributed by atoms with Gasteiger partial charge in [0.1, 0.15) is 6.17 Å². The molecule has 0 saturated heterocycles. The molecule has 1 aliphatic rings. The number of nitrogens with zero attached hydrogens (tertiary/aromatic N) is 2. The number of alkyl halides is 1. The Kier molecular flexibility index (Phi) is 2.35. The number of aromatic nitrogens is 2. The maximum Gasteiger partial charge on any atom is 0.233 e. The van der Waals surface area contributed by atoms with Crippen molar-refractivity contribution in [1.29, 1.82) is 0 Å². The Morgan fingerprint density at radius 2 is 2.36 bits per heavy atom. The third-order valence-electron chi connectivity index (χ3n) is 2.60. The summed E-state index contributed by atoms with van der Waals surface area (Å²) in [5, 5.41) is 3.70. The minimum absolute atomic E-state index is 0.0834. The molecular formula is C10H13FN2O. The molecule has 0 aliphatic heterocycles. The second-order valence-corrected chi connectivity index (χ2v) is 3.76. The third-order valence-corrected chi connectivity index (χ3v) is 2.60. The van der Waals surface area contributed by atoms with Crippen molar-refractivity contribution in [2.75, 3.05) is 0 Å². The van der Waals surface area contributed by atoms with Gasteiger partial charge >= 0.3 is 0 Å². The summed E-state index contributed by atoms with van der Waals surface area (Å²) in [5.41, 5.74) is 1.00. The van der Waals surface area contributed by atoms with Crippen LogP contribution in [-0.4, -0.2) is 16.3 Å². The van der Waals surface area contributed by atoms with Crippen LogP contribution in [0.25, 0.3) is 0 Å². The lowest BCUT2D eigenvalue weighted by Gasteiger charge is -2.23. The van der Waals surface area contributed by atoms with Crippen molar-refractivity contribution >= 4 is 0 Å². The summed E-state index contributed by atoms with van der Waals surface area (Å²) in [6, 6.07) is 0. The molecule has 2 rings (SSSR count). The van der Waals surface area contributed by atoms with E-state index in [2.05, 4.69) is 16.7 Å². The van der Waals surface area contributed by atoms with E-state index in [-0.39, 0.29) is 5.92 Å². The van der Waals surface area contributed by atoms with E-state index in [1.807, 2.05) is 0 Å². The highest BCUT2D eigenvalue weighted by Crippen LogP contribution is 2.36. The summed E-state index contributed by atoms with van der Waals surface area (Å²) in [7, 11) is 0. The van der Waals surface area contributed by atoms with Crippen LogP contribution in [0.2, 0.25) is 0 Å². The van der Waals surface area contributed by atoms with Crippen molar-refractivity contribution in [3.8, 4) is 0 Å². The summed E-state index contributed by atoms with van der Waals surface area (Å²) in [4.78, 5) is 4.11. The average Bonchev–Trinajstić information content (AvgIpc) is 2.56. The van der Waals surface area contributed by atoms with Crippen molar-refractivity contribution in [2.45, 2.75) is 38.3 Å². The Hall–Kier alpha value is -1.19. The second-order valence-electron chi connectivity index (χ2n) is 3.76. The van der Waals surface area contributed by atoms with Gasteiger partial charge < -0.3 is 4.52 Å². The lowest BCUT2D eigenvalue weighted by atomic mass is 9.84. The van der Waals surface area contributed by atoms with E-state index < -0.39 is 6.17 Å². The van der Waals surface area contributed by atoms with Crippen LogP contribution in [-0.2, 0) is 0 Å². The van der Waals surface area contributed by atoms with Crippen LogP contribution in [0.3, 0.4) is 0 Å². The van der Waals surface area contributed by atoms with Crippen molar-refractivity contribution in [3.63, 3.8) is 0 Å². The minimum Gasteiger partial charge on any atom is -0.339 e. The van der Waals surface area contributed by atoms with E-state index in [1.54, 1.807) is 6.92 Å². The molecule has 4 heteroatoms. The molecule has 1 saturated carbocycles. The standard InChI is InChI=1S/C10H13FN2O/c1-6-3-4-8(11)5-9(6)10-12-7(2)13-14-10/h8-9H,1,3-5H2,2H3. The first-order valence-corrected chi connectivity index (χ1v) is 4.78. The first-order valence-electron chi connectivity index (χ1n) is 4.78. The Bertz CT molecular complexity index is 348. The largest absolute Gasteiger partial charge is 0.339 e. The molecule has 0 radical (unpaired) electrons. The van der Waals surface area contributed by atoms with Crippen molar-refractivity contribution < 1.29 is 8.91 Å². The van der Waals surface area contributed by atoms with Crippen LogP contribution in [0.1, 0.15) is 36.9 Å². The van der Waals surface area contributed by atoms with Crippen LogP contribution in [0.15, 0.2) is 16.7 Å². The van der Waals surface area contributed by atoms with Crippen molar-refractivity contribution in [2.24, 2.45) is 0 Å². The fourth-order valence-electron chi connectivity index (χ4n) is 1.79. The van der Waals surface area contributed by atoms with E-state index in [1.165, 1.54) is 0 Å². The Morgan fingerprint density at radius 1 is 1.57 bits per heavy atom. The summed E-state index contributed by atoms with van der Waals surface area (Å²) in [6.07, 6.45) is 0.952. The fraction of sp³-hybridized carbons (Fsp3) is 0.600. The zero-order valence-corrected chi connectivity index (χ0v) is 8.16. The van der Waals surface area contributed by atoms with Gasteiger partial charge in [-0.3, -0.25) is 0 Å². The first kappa shape index (κ1) is 9.37. The topological polar surface area (TPSA) is 38.9 Å². The predicted octanol–water partition coefficient (Wildman–Crippen LogP) is 2.54. The molecule has 2 atom stereocenters. The number of hydrogen-bond acceptors (Lipinski definition) is 3. The molecule has 0 N–H and O–H groups in total. The van der Waals surface area contributed by atoms with Crippen LogP contribution in [0.5, 0.6) is 0 Å². The lowest BCUT2D eigenvalue weighted by molar-refractivity contribution is 0.240. The van der Waals surface area contributed by atoms with E-state index >= 15 is 0 Å². The SMILES string of the molecule is C=C1CCC(F)CC1c1nc(C)no1. The fourth-order valence-corrected chi connectivity index (χ4v) is 1.79. The summed E-state index contributed by atoms with van der Waals surface area (Å²) < 4.78 is 18.2. The maximum atomic E-state index is 13.2. The van der Waals surface area contributed by atoms with Gasteiger partial charge in [-0.2, -0.15) is 4.98 Å². The van der Waals surface area contributed by atoms with Gasteiger partial charge in [0.25, 0.3) is 0 Å². The predicted molar refractivity (Wildman–Crippen MR) is 49.7 cm³/mol. The van der Waals surface area contributed by atoms with E-state index in [4.69, 9.17) is 4.52 Å². The second kappa shape index (κ2) is 3.52. The van der Waals surface area contributed by atoms with Crippen LogP contribution in [0.4, 0.5) is 4.39 Å². The van der Waals surface area contributed by atoms with E-state index in [0.717, 1.165) is 5.57 Å². The number of rotatable bonds is 1. The van der Waals surface area contributed by atoms with Crippen molar-refractivity contribution in [3.05, 3.63) is 23.9 Å². The first-order chi connectivity index (χ1) is 6.66. The van der Waals surface area contributed by atoms with Gasteiger partial charge in [-0.05, 0) is 26.2 Å². The Balaban J connectivity index is 2.19. The van der Waals surface area contributed by atoms with Gasteiger partial charge in [-0.25, -0.2) is 4.39 Å². The normalized spacial score (nSPS) is 28.0. The molecule has 1 heterocycles. The molecule has 2 unspecified atom stereocenters. The molecule has 0 bridgehead atoms. The highest BCUT2D eigenvalue weighted by molar-refractivity contribution is 5.17. The van der Waals surface area contributed by atoms with Gasteiger partial charge in [0.05, 0.1) is 5.92 Å². The monoisotopic (exact) mass is 196 g/mol. The summed E-state index contributed by atoms with van der Waals surface area (Å²) in [6.45, 7) is 5.68. The van der Waals surface area contributed by atoms with Crippen LogP contribution in [0, 0.1) is 6.92 Å². The lowest BCUT2D eigenvalue weighted by Crippen LogP contribution is -2.17. The number of hydrogen-bond donors (Lipinski definition) is 0. The molecule has 1 fully saturated rings. The highest BCUT2D eigenvalue weighted by Gasteiger charge is 2.29. The molecule has 0 spiro atoms. The third kappa shape index (κ3) is 1.69. The average molecular weight is 196 g/mol. The molecular weight excluding hydrogens is 183 g/mol. The minimum atomic E-state index is -0.766. The molecule has 1 aliphatic carbocycles. The summed E-state index contributed by atoms with van der Waals surface area (Å²) >= 11 is 0. The van der Waals surface area contributed by atoms with Gasteiger partial charge in [-0.1, -0.05) is 17.3 Å². The quantitative estimate of drug-likeness (QED) is 0.648. The molecule has 0 amide bonds. The molecule has 1 aromatic rings. The highest BCUT2D eigenvalue weighted by atomic mass is 19.1. The molecule has 76 valence electrons. The maximum absolute atomic E-state index is 13.2. The summed E-state index contributed by atoms with van der Waals surface area (Å²) in [5.74, 6) is 1.02. The zero-order chi connectivity index (χ0) is 10.1. The number of halogens is 1. The van der Waals surface area contributed by atoms with Gasteiger partial charge in [0.15, 0.2) is 5.82 Å². The molecule has 1 aromatic heterocycles. The molecule has 3 nitrogen and oxygen atoms in total. The van der Waals surface area contributed by atoms with Gasteiger partial charge in [-0.15, -0.1) is 0 Å². The van der Waals surface area contributed by atoms with Crippen LogP contribution >= 0.6 is 0 Å². The zero-order valence-electron chi connectivity index (χ0n) is 8.16. The van der Waals surface area contributed by atoms with Gasteiger partial charge in [0, 0.05) is 0 Å².